The Morgan fingerprint density at radius 1 is 1.35 bits per heavy atom. The zero-order valence-electron chi connectivity index (χ0n) is 10.4. The maximum Gasteiger partial charge on any atom is 0.0867 e. The van der Waals surface area contributed by atoms with E-state index in [1.807, 2.05) is 18.2 Å². The zero-order chi connectivity index (χ0) is 12.1. The summed E-state index contributed by atoms with van der Waals surface area (Å²) in [7, 11) is 0. The van der Waals surface area contributed by atoms with E-state index in [1.54, 1.807) is 11.8 Å². The standard InChI is InChI=1S/C14H21NOS/c1-2-15-10-6-9-14(16,11-15)12-17-13-7-4-3-5-8-13/h3-5,7-8,16H,2,6,9-12H2,1H3. The van der Waals surface area contributed by atoms with E-state index in [2.05, 4.69) is 24.0 Å². The number of β-amino-alcohol motifs (C(OH)–C–C–N with tert-alkyl or cyclic N) is 1. The minimum Gasteiger partial charge on any atom is -0.388 e. The number of hydrogen-bond acceptors (Lipinski definition) is 3. The lowest BCUT2D eigenvalue weighted by Gasteiger charge is -2.38. The van der Waals surface area contributed by atoms with Crippen molar-refractivity contribution in [2.75, 3.05) is 25.4 Å². The molecule has 1 aliphatic heterocycles. The molecule has 1 atom stereocenters. The first-order valence-corrected chi connectivity index (χ1v) is 7.33. The topological polar surface area (TPSA) is 23.5 Å². The number of nitrogens with zero attached hydrogens (tertiary/aromatic N) is 1. The highest BCUT2D eigenvalue weighted by atomic mass is 32.2. The average molecular weight is 251 g/mol. The van der Waals surface area contributed by atoms with Gasteiger partial charge in [0.15, 0.2) is 0 Å². The van der Waals surface area contributed by atoms with Crippen molar-refractivity contribution in [3.05, 3.63) is 30.3 Å². The quantitative estimate of drug-likeness (QED) is 0.832. The fraction of sp³-hybridized carbons (Fsp3) is 0.571. The lowest BCUT2D eigenvalue weighted by molar-refractivity contribution is -0.00964. The molecule has 0 saturated carbocycles. The predicted octanol–water partition coefficient (Wildman–Crippen LogP) is 2.63. The van der Waals surface area contributed by atoms with E-state index in [4.69, 9.17) is 0 Å². The monoisotopic (exact) mass is 251 g/mol. The second kappa shape index (κ2) is 5.89. The lowest BCUT2D eigenvalue weighted by atomic mass is 9.95. The SMILES string of the molecule is CCN1CCCC(O)(CSc2ccccc2)C1. The molecule has 3 heteroatoms. The van der Waals surface area contributed by atoms with Crippen molar-refractivity contribution in [2.24, 2.45) is 0 Å². The van der Waals surface area contributed by atoms with E-state index in [9.17, 15) is 5.11 Å². The molecule has 0 aromatic heterocycles. The van der Waals surface area contributed by atoms with Gasteiger partial charge in [0.1, 0.15) is 0 Å². The summed E-state index contributed by atoms with van der Waals surface area (Å²) in [6.45, 7) is 5.16. The van der Waals surface area contributed by atoms with Crippen molar-refractivity contribution < 1.29 is 5.11 Å². The maximum absolute atomic E-state index is 10.6. The molecule has 2 rings (SSSR count). The molecular weight excluding hydrogens is 230 g/mol. The number of likely N-dealkylation sites (N-methyl/N-ethyl adjacent to an activating group) is 1. The summed E-state index contributed by atoms with van der Waals surface area (Å²) in [6.07, 6.45) is 2.04. The largest absolute Gasteiger partial charge is 0.388 e. The Hall–Kier alpha value is -0.510. The van der Waals surface area contributed by atoms with Crippen LogP contribution in [0.1, 0.15) is 19.8 Å². The molecule has 2 nitrogen and oxygen atoms in total. The average Bonchev–Trinajstić information content (AvgIpc) is 2.38. The van der Waals surface area contributed by atoms with Gasteiger partial charge in [-0.2, -0.15) is 0 Å². The third-order valence-electron chi connectivity index (χ3n) is 3.33. The van der Waals surface area contributed by atoms with Gasteiger partial charge in [-0.3, -0.25) is 0 Å². The molecule has 0 aliphatic carbocycles. The summed E-state index contributed by atoms with van der Waals surface area (Å²) in [5.41, 5.74) is -0.505. The van der Waals surface area contributed by atoms with Gasteiger partial charge in [-0.15, -0.1) is 11.8 Å². The number of benzene rings is 1. The number of likely N-dealkylation sites (tertiary alicyclic amines) is 1. The molecule has 0 amide bonds. The minimum atomic E-state index is -0.505. The summed E-state index contributed by atoms with van der Waals surface area (Å²) in [5.74, 6) is 0.799. The summed E-state index contributed by atoms with van der Waals surface area (Å²) in [4.78, 5) is 3.59. The van der Waals surface area contributed by atoms with Crippen LogP contribution in [-0.2, 0) is 0 Å². The van der Waals surface area contributed by atoms with Crippen LogP contribution in [0.15, 0.2) is 35.2 Å². The number of hydrogen-bond donors (Lipinski definition) is 1. The van der Waals surface area contributed by atoms with Crippen molar-refractivity contribution in [1.82, 2.24) is 4.90 Å². The summed E-state index contributed by atoms with van der Waals surface area (Å²) >= 11 is 1.76. The van der Waals surface area contributed by atoms with Crippen molar-refractivity contribution >= 4 is 11.8 Å². The van der Waals surface area contributed by atoms with Crippen LogP contribution in [0.4, 0.5) is 0 Å². The second-order valence-corrected chi connectivity index (χ2v) is 5.85. The molecule has 1 heterocycles. The van der Waals surface area contributed by atoms with Gasteiger partial charge < -0.3 is 10.0 Å². The van der Waals surface area contributed by atoms with Crippen LogP contribution in [-0.4, -0.2) is 41.0 Å². The van der Waals surface area contributed by atoms with Crippen molar-refractivity contribution in [1.29, 1.82) is 0 Å². The zero-order valence-corrected chi connectivity index (χ0v) is 11.2. The minimum absolute atomic E-state index is 0.505. The van der Waals surface area contributed by atoms with E-state index in [1.165, 1.54) is 4.90 Å². The third-order valence-corrected chi connectivity index (χ3v) is 4.62. The first-order chi connectivity index (χ1) is 8.22. The van der Waals surface area contributed by atoms with Gasteiger partial charge in [0.2, 0.25) is 0 Å². The first kappa shape index (κ1) is 12.9. The number of thioether (sulfide) groups is 1. The summed E-state index contributed by atoms with van der Waals surface area (Å²) in [6, 6.07) is 10.3. The normalized spacial score (nSPS) is 26.0. The highest BCUT2D eigenvalue weighted by Gasteiger charge is 2.32. The van der Waals surface area contributed by atoms with Crippen LogP contribution >= 0.6 is 11.8 Å². The lowest BCUT2D eigenvalue weighted by Crippen LogP contribution is -2.49. The van der Waals surface area contributed by atoms with Crippen LogP contribution in [0.3, 0.4) is 0 Å². The molecule has 17 heavy (non-hydrogen) atoms. The van der Waals surface area contributed by atoms with E-state index >= 15 is 0 Å². The molecular formula is C14H21NOS. The van der Waals surface area contributed by atoms with Crippen LogP contribution in [0.25, 0.3) is 0 Å². The predicted molar refractivity (Wildman–Crippen MR) is 73.5 cm³/mol. The van der Waals surface area contributed by atoms with Crippen LogP contribution < -0.4 is 0 Å². The first-order valence-electron chi connectivity index (χ1n) is 6.34. The Morgan fingerprint density at radius 3 is 2.82 bits per heavy atom. The molecule has 1 N–H and O–H groups in total. The fourth-order valence-corrected chi connectivity index (χ4v) is 3.35. The Morgan fingerprint density at radius 2 is 2.12 bits per heavy atom. The van der Waals surface area contributed by atoms with Crippen molar-refractivity contribution in [2.45, 2.75) is 30.3 Å². The molecule has 0 radical (unpaired) electrons. The number of piperidine rings is 1. The van der Waals surface area contributed by atoms with Crippen LogP contribution in [0, 0.1) is 0 Å². The maximum atomic E-state index is 10.6. The summed E-state index contributed by atoms with van der Waals surface area (Å²) in [5, 5.41) is 10.6. The Balaban J connectivity index is 1.89. The van der Waals surface area contributed by atoms with Gasteiger partial charge >= 0.3 is 0 Å². The number of rotatable bonds is 4. The molecule has 1 aliphatic rings. The molecule has 1 aromatic carbocycles. The van der Waals surface area contributed by atoms with Gasteiger partial charge in [-0.05, 0) is 38.1 Å². The van der Waals surface area contributed by atoms with Crippen LogP contribution in [0.2, 0.25) is 0 Å². The van der Waals surface area contributed by atoms with E-state index in [-0.39, 0.29) is 0 Å². The van der Waals surface area contributed by atoms with Gasteiger partial charge in [0, 0.05) is 17.2 Å². The smallest absolute Gasteiger partial charge is 0.0867 e. The van der Waals surface area contributed by atoms with Gasteiger partial charge in [0.05, 0.1) is 5.60 Å². The van der Waals surface area contributed by atoms with E-state index < -0.39 is 5.60 Å². The molecule has 1 aromatic rings. The van der Waals surface area contributed by atoms with Gasteiger partial charge in [0.25, 0.3) is 0 Å². The molecule has 94 valence electrons. The molecule has 1 saturated heterocycles. The highest BCUT2D eigenvalue weighted by Crippen LogP contribution is 2.28. The Bertz CT molecular complexity index is 343. The van der Waals surface area contributed by atoms with Crippen LogP contribution in [0.5, 0.6) is 0 Å². The Kier molecular flexibility index (Phi) is 4.48. The van der Waals surface area contributed by atoms with E-state index in [0.29, 0.717) is 0 Å². The van der Waals surface area contributed by atoms with E-state index in [0.717, 1.165) is 38.2 Å². The van der Waals surface area contributed by atoms with Crippen molar-refractivity contribution in [3.63, 3.8) is 0 Å². The van der Waals surface area contributed by atoms with Gasteiger partial charge in [-0.25, -0.2) is 0 Å². The molecule has 0 spiro atoms. The summed E-state index contributed by atoms with van der Waals surface area (Å²) < 4.78 is 0. The van der Waals surface area contributed by atoms with Gasteiger partial charge in [-0.1, -0.05) is 25.1 Å². The second-order valence-electron chi connectivity index (χ2n) is 4.80. The van der Waals surface area contributed by atoms with Crippen molar-refractivity contribution in [3.8, 4) is 0 Å². The number of aliphatic hydroxyl groups is 1. The molecule has 1 unspecified atom stereocenters. The fourth-order valence-electron chi connectivity index (χ4n) is 2.33. The molecule has 0 bridgehead atoms. The third kappa shape index (κ3) is 3.73. The highest BCUT2D eigenvalue weighted by molar-refractivity contribution is 7.99. The Labute approximate surface area is 108 Å². The molecule has 1 fully saturated rings.